The van der Waals surface area contributed by atoms with E-state index >= 15 is 0 Å². The van der Waals surface area contributed by atoms with Crippen molar-refractivity contribution in [2.24, 2.45) is 5.92 Å². The monoisotopic (exact) mass is 313 g/mol. The highest BCUT2D eigenvalue weighted by Gasteiger charge is 2.22. The van der Waals surface area contributed by atoms with E-state index in [0.717, 1.165) is 41.1 Å². The largest absolute Gasteiger partial charge is 0.309 e. The first-order valence-electron chi connectivity index (χ1n) is 7.90. The molecule has 0 unspecified atom stereocenters. The van der Waals surface area contributed by atoms with Crippen molar-refractivity contribution in [2.75, 3.05) is 5.32 Å². The summed E-state index contributed by atoms with van der Waals surface area (Å²) in [6, 6.07) is 4.80. The molecule has 0 fully saturated rings. The Bertz CT molecular complexity index is 771. The normalized spacial score (nSPS) is 12.7. The molecule has 0 atom stereocenters. The molecule has 1 aliphatic rings. The summed E-state index contributed by atoms with van der Waals surface area (Å²) in [6.07, 6.45) is 2.16. The number of amides is 1. The molecule has 4 nitrogen and oxygen atoms in total. The van der Waals surface area contributed by atoms with Crippen LogP contribution in [0, 0.1) is 11.7 Å². The Kier molecular flexibility index (Phi) is 4.11. The molecule has 0 saturated carbocycles. The third kappa shape index (κ3) is 3.23. The van der Waals surface area contributed by atoms with Gasteiger partial charge in [0.05, 0.1) is 17.1 Å². The van der Waals surface area contributed by atoms with E-state index in [1.165, 1.54) is 13.0 Å². The van der Waals surface area contributed by atoms with E-state index < -0.39 is 0 Å². The Morgan fingerprint density at radius 2 is 2.09 bits per heavy atom. The molecule has 0 bridgehead atoms. The van der Waals surface area contributed by atoms with Crippen molar-refractivity contribution in [1.29, 1.82) is 0 Å². The lowest BCUT2D eigenvalue weighted by Crippen LogP contribution is -2.17. The van der Waals surface area contributed by atoms with Gasteiger partial charge in [-0.2, -0.15) is 0 Å². The minimum Gasteiger partial charge on any atom is -0.309 e. The van der Waals surface area contributed by atoms with Crippen LogP contribution in [0.3, 0.4) is 0 Å². The zero-order chi connectivity index (χ0) is 16.6. The van der Waals surface area contributed by atoms with Crippen LogP contribution in [0.15, 0.2) is 18.2 Å². The number of aromatic nitrogens is 2. The molecule has 1 aliphatic carbocycles. The maximum absolute atomic E-state index is 13.4. The van der Waals surface area contributed by atoms with Crippen LogP contribution in [0.5, 0.6) is 0 Å². The third-order valence-electron chi connectivity index (χ3n) is 3.89. The first-order chi connectivity index (χ1) is 10.9. The van der Waals surface area contributed by atoms with Gasteiger partial charge in [0, 0.05) is 12.5 Å². The molecule has 1 N–H and O–H groups in total. The molecule has 1 aromatic carbocycles. The number of hydrogen-bond acceptors (Lipinski definition) is 3. The number of carbonyl (C=O) groups is 1. The second kappa shape index (κ2) is 6.07. The van der Waals surface area contributed by atoms with Crippen LogP contribution < -0.4 is 5.32 Å². The van der Waals surface area contributed by atoms with Crippen molar-refractivity contribution in [3.8, 4) is 11.3 Å². The Morgan fingerprint density at radius 1 is 1.30 bits per heavy atom. The smallest absolute Gasteiger partial charge is 0.222 e. The van der Waals surface area contributed by atoms with E-state index in [4.69, 9.17) is 4.98 Å². The van der Waals surface area contributed by atoms with Crippen molar-refractivity contribution in [2.45, 2.75) is 40.0 Å². The SMILES string of the molecule is CC(=O)Nc1nc2c(nc1CC(C)C)-c1ccc(F)cc1CC2. The summed E-state index contributed by atoms with van der Waals surface area (Å²) in [5.74, 6) is 0.571. The molecule has 0 spiro atoms. The van der Waals surface area contributed by atoms with Gasteiger partial charge in [0.25, 0.3) is 0 Å². The zero-order valence-electron chi connectivity index (χ0n) is 13.6. The highest BCUT2D eigenvalue weighted by molar-refractivity contribution is 5.88. The maximum Gasteiger partial charge on any atom is 0.222 e. The van der Waals surface area contributed by atoms with E-state index in [2.05, 4.69) is 24.1 Å². The van der Waals surface area contributed by atoms with Gasteiger partial charge in [0.15, 0.2) is 5.82 Å². The standard InChI is InChI=1S/C18H20FN3O/c1-10(2)8-16-18(20-11(3)23)22-15-7-4-12-9-13(19)5-6-14(12)17(15)21-16/h5-6,9-10H,4,7-8H2,1-3H3,(H,20,22,23). The van der Waals surface area contributed by atoms with Crippen molar-refractivity contribution < 1.29 is 9.18 Å². The number of anilines is 1. The number of hydrogen-bond donors (Lipinski definition) is 1. The third-order valence-corrected chi connectivity index (χ3v) is 3.89. The lowest BCUT2D eigenvalue weighted by molar-refractivity contribution is -0.114. The molecular weight excluding hydrogens is 293 g/mol. The summed E-state index contributed by atoms with van der Waals surface area (Å²) >= 11 is 0. The van der Waals surface area contributed by atoms with Crippen LogP contribution in [0.2, 0.25) is 0 Å². The summed E-state index contributed by atoms with van der Waals surface area (Å²) in [5, 5.41) is 2.79. The Labute approximate surface area is 135 Å². The van der Waals surface area contributed by atoms with Crippen LogP contribution >= 0.6 is 0 Å². The lowest BCUT2D eigenvalue weighted by atomic mass is 9.91. The van der Waals surface area contributed by atoms with Crippen molar-refractivity contribution in [3.05, 3.63) is 41.0 Å². The molecule has 1 heterocycles. The van der Waals surface area contributed by atoms with Crippen molar-refractivity contribution in [1.82, 2.24) is 9.97 Å². The van der Waals surface area contributed by atoms with Crippen LogP contribution in [0.25, 0.3) is 11.3 Å². The number of rotatable bonds is 3. The summed E-state index contributed by atoms with van der Waals surface area (Å²) in [5.41, 5.74) is 4.37. The predicted octanol–water partition coefficient (Wildman–Crippen LogP) is 3.54. The average Bonchev–Trinajstić information content (AvgIpc) is 2.46. The number of nitrogens with zero attached hydrogens (tertiary/aromatic N) is 2. The lowest BCUT2D eigenvalue weighted by Gasteiger charge is -2.21. The molecule has 1 amide bonds. The number of carbonyl (C=O) groups excluding carboxylic acids is 1. The van der Waals surface area contributed by atoms with E-state index in [-0.39, 0.29) is 11.7 Å². The van der Waals surface area contributed by atoms with Gasteiger partial charge in [0.1, 0.15) is 5.82 Å². The topological polar surface area (TPSA) is 54.9 Å². The van der Waals surface area contributed by atoms with E-state index in [9.17, 15) is 9.18 Å². The second-order valence-electron chi connectivity index (χ2n) is 6.39. The van der Waals surface area contributed by atoms with Gasteiger partial charge in [-0.3, -0.25) is 4.79 Å². The van der Waals surface area contributed by atoms with Gasteiger partial charge >= 0.3 is 0 Å². The highest BCUT2D eigenvalue weighted by atomic mass is 19.1. The molecule has 0 radical (unpaired) electrons. The van der Waals surface area contributed by atoms with E-state index in [1.807, 2.05) is 0 Å². The van der Waals surface area contributed by atoms with Gasteiger partial charge in [-0.1, -0.05) is 13.8 Å². The van der Waals surface area contributed by atoms with Crippen LogP contribution in [-0.4, -0.2) is 15.9 Å². The molecule has 120 valence electrons. The summed E-state index contributed by atoms with van der Waals surface area (Å²) in [4.78, 5) is 20.9. The summed E-state index contributed by atoms with van der Waals surface area (Å²) in [6.45, 7) is 5.67. The van der Waals surface area contributed by atoms with Gasteiger partial charge in [-0.25, -0.2) is 14.4 Å². The zero-order valence-corrected chi connectivity index (χ0v) is 13.6. The van der Waals surface area contributed by atoms with Crippen molar-refractivity contribution >= 4 is 11.7 Å². The fourth-order valence-electron chi connectivity index (χ4n) is 2.94. The van der Waals surface area contributed by atoms with Gasteiger partial charge in [0.2, 0.25) is 5.91 Å². The molecule has 23 heavy (non-hydrogen) atoms. The van der Waals surface area contributed by atoms with Crippen LogP contribution in [0.4, 0.5) is 10.2 Å². The fraction of sp³-hybridized carbons (Fsp3) is 0.389. The minimum absolute atomic E-state index is 0.150. The molecule has 2 aromatic rings. The van der Waals surface area contributed by atoms with Crippen LogP contribution in [0.1, 0.15) is 37.7 Å². The quantitative estimate of drug-likeness (QED) is 0.943. The molecule has 3 rings (SSSR count). The first kappa shape index (κ1) is 15.6. The molecular formula is C18H20FN3O. The fourth-order valence-corrected chi connectivity index (χ4v) is 2.94. The summed E-state index contributed by atoms with van der Waals surface area (Å²) < 4.78 is 13.4. The van der Waals surface area contributed by atoms with Crippen LogP contribution in [-0.2, 0) is 24.1 Å². The molecule has 0 saturated heterocycles. The maximum atomic E-state index is 13.4. The number of fused-ring (bicyclic) bond motifs is 3. The molecule has 5 heteroatoms. The van der Waals surface area contributed by atoms with Crippen molar-refractivity contribution in [3.63, 3.8) is 0 Å². The Morgan fingerprint density at radius 3 is 2.78 bits per heavy atom. The van der Waals surface area contributed by atoms with Gasteiger partial charge in [-0.05, 0) is 48.9 Å². The van der Waals surface area contributed by atoms with E-state index in [1.54, 1.807) is 12.1 Å². The second-order valence-corrected chi connectivity index (χ2v) is 6.39. The average molecular weight is 313 g/mol. The molecule has 1 aromatic heterocycles. The van der Waals surface area contributed by atoms with E-state index in [0.29, 0.717) is 18.2 Å². The van der Waals surface area contributed by atoms with Gasteiger partial charge in [-0.15, -0.1) is 0 Å². The number of aryl methyl sites for hydroxylation is 2. The Hall–Kier alpha value is -2.30. The highest BCUT2D eigenvalue weighted by Crippen LogP contribution is 2.33. The van der Waals surface area contributed by atoms with Gasteiger partial charge < -0.3 is 5.32 Å². The Balaban J connectivity index is 2.12. The predicted molar refractivity (Wildman–Crippen MR) is 87.7 cm³/mol. The molecule has 0 aliphatic heterocycles. The summed E-state index contributed by atoms with van der Waals surface area (Å²) in [7, 11) is 0. The number of halogens is 1. The minimum atomic E-state index is -0.225. The number of nitrogens with one attached hydrogen (secondary N) is 1. The first-order valence-corrected chi connectivity index (χ1v) is 7.90. The number of benzene rings is 1.